The number of benzene rings is 3. The number of hydrogen-bond donors (Lipinski definition) is 0. The second-order valence-corrected chi connectivity index (χ2v) is 12.0. The van der Waals surface area contributed by atoms with Crippen LogP contribution in [0.25, 0.3) is 11.8 Å². The van der Waals surface area contributed by atoms with Gasteiger partial charge in [-0.1, -0.05) is 57.6 Å². The van der Waals surface area contributed by atoms with Gasteiger partial charge in [0, 0.05) is 15.6 Å². The Hall–Kier alpha value is -3.14. The van der Waals surface area contributed by atoms with Gasteiger partial charge in [0.25, 0.3) is 5.56 Å². The van der Waals surface area contributed by atoms with Crippen LogP contribution < -0.4 is 29.1 Å². The average molecular weight is 668 g/mol. The molecule has 9 heteroatoms. The highest BCUT2D eigenvalue weighted by molar-refractivity contribution is 9.11. The standard InChI is InChI=1S/C30H24Br2N2O4S/c1-36-23-11-9-17(13-24(23)37-2)27-21-10-8-16-6-4-5-7-20(16)26(21)33-30-34(27)29(35)25(39-30)14-18-12-19(31)15-22(32)28(18)38-3/h4-7,9,11-15,27H,8,10H2,1-3H3/b25-14-/t27-/m0/s1. The van der Waals surface area contributed by atoms with Gasteiger partial charge in [0.05, 0.1) is 42.1 Å². The minimum atomic E-state index is -0.317. The van der Waals surface area contributed by atoms with Crippen molar-refractivity contribution in [2.24, 2.45) is 4.99 Å². The van der Waals surface area contributed by atoms with Gasteiger partial charge in [-0.15, -0.1) is 0 Å². The number of fused-ring (bicyclic) bond motifs is 3. The van der Waals surface area contributed by atoms with Crippen LogP contribution >= 0.6 is 43.2 Å². The van der Waals surface area contributed by atoms with Crippen molar-refractivity contribution in [3.63, 3.8) is 0 Å². The third kappa shape index (κ3) is 4.46. The van der Waals surface area contributed by atoms with Gasteiger partial charge < -0.3 is 14.2 Å². The summed E-state index contributed by atoms with van der Waals surface area (Å²) in [5, 5.41) is 0. The van der Waals surface area contributed by atoms with E-state index in [9.17, 15) is 4.79 Å². The summed E-state index contributed by atoms with van der Waals surface area (Å²) in [7, 11) is 4.86. The SMILES string of the molecule is COc1ccc([C@H]2C3=C(N=c4s/c(=C\c5cc(Br)cc(Br)c5OC)c(=O)n42)c2ccccc2CC3)cc1OC. The summed E-state index contributed by atoms with van der Waals surface area (Å²) < 4.78 is 20.8. The van der Waals surface area contributed by atoms with Crippen LogP contribution in [0.5, 0.6) is 17.2 Å². The minimum Gasteiger partial charge on any atom is -0.495 e. The molecular weight excluding hydrogens is 644 g/mol. The van der Waals surface area contributed by atoms with E-state index in [4.69, 9.17) is 19.2 Å². The summed E-state index contributed by atoms with van der Waals surface area (Å²) in [6.45, 7) is 0. The predicted octanol–water partition coefficient (Wildman–Crippen LogP) is 5.87. The van der Waals surface area contributed by atoms with Crippen LogP contribution in [-0.4, -0.2) is 25.9 Å². The molecule has 4 aromatic rings. The number of nitrogens with zero attached hydrogens (tertiary/aromatic N) is 2. The van der Waals surface area contributed by atoms with Crippen molar-refractivity contribution in [1.82, 2.24) is 4.57 Å². The van der Waals surface area contributed by atoms with Crippen molar-refractivity contribution in [3.05, 3.63) is 111 Å². The molecule has 2 heterocycles. The van der Waals surface area contributed by atoms with Crippen LogP contribution in [0.2, 0.25) is 0 Å². The molecule has 0 saturated carbocycles. The molecule has 0 radical (unpaired) electrons. The van der Waals surface area contributed by atoms with Crippen LogP contribution in [-0.2, 0) is 6.42 Å². The summed E-state index contributed by atoms with van der Waals surface area (Å²) >= 11 is 8.51. The van der Waals surface area contributed by atoms with Crippen molar-refractivity contribution in [1.29, 1.82) is 0 Å². The van der Waals surface area contributed by atoms with E-state index < -0.39 is 0 Å². The van der Waals surface area contributed by atoms with E-state index in [1.54, 1.807) is 21.3 Å². The van der Waals surface area contributed by atoms with Crippen LogP contribution in [0, 0.1) is 0 Å². The fourth-order valence-electron chi connectivity index (χ4n) is 5.39. The first kappa shape index (κ1) is 26.1. The van der Waals surface area contributed by atoms with E-state index in [0.717, 1.165) is 49.7 Å². The van der Waals surface area contributed by atoms with Crippen LogP contribution in [0.15, 0.2) is 78.9 Å². The number of methoxy groups -OCH3 is 3. The third-order valence-electron chi connectivity index (χ3n) is 7.12. The van der Waals surface area contributed by atoms with Gasteiger partial charge in [0.1, 0.15) is 5.75 Å². The number of ether oxygens (including phenoxy) is 3. The molecule has 1 aromatic heterocycles. The Morgan fingerprint density at radius 2 is 1.77 bits per heavy atom. The van der Waals surface area contributed by atoms with Crippen LogP contribution in [0.4, 0.5) is 0 Å². The lowest BCUT2D eigenvalue weighted by atomic mass is 9.83. The molecule has 0 fully saturated rings. The highest BCUT2D eigenvalue weighted by Crippen LogP contribution is 2.43. The summed E-state index contributed by atoms with van der Waals surface area (Å²) in [5.41, 5.74) is 6.12. The first-order valence-corrected chi connectivity index (χ1v) is 14.7. The zero-order valence-corrected chi connectivity index (χ0v) is 25.4. The largest absolute Gasteiger partial charge is 0.495 e. The molecule has 0 amide bonds. The molecule has 6 rings (SSSR count). The second-order valence-electron chi connectivity index (χ2n) is 9.24. The van der Waals surface area contributed by atoms with E-state index in [-0.39, 0.29) is 11.6 Å². The summed E-state index contributed by atoms with van der Waals surface area (Å²) in [5.74, 6) is 1.93. The van der Waals surface area contributed by atoms with Crippen molar-refractivity contribution in [2.45, 2.75) is 18.9 Å². The number of thiazole rings is 1. The molecule has 0 saturated heterocycles. The monoisotopic (exact) mass is 666 g/mol. The maximum absolute atomic E-state index is 14.1. The summed E-state index contributed by atoms with van der Waals surface area (Å²) in [6, 6.07) is 17.8. The van der Waals surface area contributed by atoms with Crippen molar-refractivity contribution in [2.75, 3.05) is 21.3 Å². The van der Waals surface area contributed by atoms with E-state index >= 15 is 0 Å². The Balaban J connectivity index is 1.63. The quantitative estimate of drug-likeness (QED) is 0.267. The van der Waals surface area contributed by atoms with Crippen molar-refractivity contribution in [3.8, 4) is 17.2 Å². The maximum Gasteiger partial charge on any atom is 0.271 e. The molecule has 0 N–H and O–H groups in total. The lowest BCUT2D eigenvalue weighted by Crippen LogP contribution is -2.38. The van der Waals surface area contributed by atoms with Crippen molar-refractivity contribution >= 4 is 55.0 Å². The Morgan fingerprint density at radius 1 is 0.974 bits per heavy atom. The first-order valence-electron chi connectivity index (χ1n) is 12.3. The van der Waals surface area contributed by atoms with Gasteiger partial charge >= 0.3 is 0 Å². The number of aromatic nitrogens is 1. The Kier molecular flexibility index (Phi) is 6.99. The molecular formula is C30H24Br2N2O4S. The second kappa shape index (κ2) is 10.4. The molecule has 0 unspecified atom stereocenters. The molecule has 3 aromatic carbocycles. The molecule has 39 heavy (non-hydrogen) atoms. The zero-order chi connectivity index (χ0) is 27.3. The van der Waals surface area contributed by atoms with Gasteiger partial charge in [-0.3, -0.25) is 9.36 Å². The van der Waals surface area contributed by atoms with Gasteiger partial charge in [0.15, 0.2) is 16.3 Å². The molecule has 1 aliphatic heterocycles. The summed E-state index contributed by atoms with van der Waals surface area (Å²) in [4.78, 5) is 19.9. The third-order valence-corrected chi connectivity index (χ3v) is 9.15. The molecule has 198 valence electrons. The predicted molar refractivity (Wildman–Crippen MR) is 161 cm³/mol. The summed E-state index contributed by atoms with van der Waals surface area (Å²) in [6.07, 6.45) is 3.58. The molecule has 0 spiro atoms. The number of aryl methyl sites for hydroxylation is 1. The van der Waals surface area contributed by atoms with E-state index in [1.807, 2.05) is 47.0 Å². The smallest absolute Gasteiger partial charge is 0.271 e. The lowest BCUT2D eigenvalue weighted by Gasteiger charge is -2.31. The van der Waals surface area contributed by atoms with Gasteiger partial charge in [-0.2, -0.15) is 0 Å². The highest BCUT2D eigenvalue weighted by Gasteiger charge is 2.33. The fraction of sp³-hybridized carbons (Fsp3) is 0.200. The van der Waals surface area contributed by atoms with Gasteiger partial charge in [0.2, 0.25) is 0 Å². The molecule has 1 atom stereocenters. The molecule has 6 nitrogen and oxygen atoms in total. The van der Waals surface area contributed by atoms with E-state index in [2.05, 4.69) is 50.1 Å². The first-order chi connectivity index (χ1) is 18.9. The molecule has 2 aliphatic rings. The normalized spacial score (nSPS) is 16.2. The van der Waals surface area contributed by atoms with Gasteiger partial charge in [-0.05, 0) is 75.8 Å². The molecule has 0 bridgehead atoms. The lowest BCUT2D eigenvalue weighted by molar-refractivity contribution is 0.354. The number of rotatable bonds is 5. The number of hydrogen-bond acceptors (Lipinski definition) is 6. The Morgan fingerprint density at radius 3 is 2.54 bits per heavy atom. The topological polar surface area (TPSA) is 62.0 Å². The maximum atomic E-state index is 14.1. The zero-order valence-electron chi connectivity index (χ0n) is 21.5. The van der Waals surface area contributed by atoms with E-state index in [0.29, 0.717) is 26.6 Å². The van der Waals surface area contributed by atoms with Crippen LogP contribution in [0.1, 0.15) is 34.7 Å². The number of halogens is 2. The minimum absolute atomic E-state index is 0.0953. The fourth-order valence-corrected chi connectivity index (χ4v) is 7.80. The van der Waals surface area contributed by atoms with Gasteiger partial charge in [-0.25, -0.2) is 4.99 Å². The highest BCUT2D eigenvalue weighted by atomic mass is 79.9. The Labute approximate surface area is 246 Å². The average Bonchev–Trinajstić information content (AvgIpc) is 3.25. The van der Waals surface area contributed by atoms with Crippen molar-refractivity contribution < 1.29 is 14.2 Å². The number of allylic oxidation sites excluding steroid dienone is 1. The van der Waals surface area contributed by atoms with E-state index in [1.165, 1.54) is 16.9 Å². The molecule has 1 aliphatic carbocycles. The van der Waals surface area contributed by atoms with Crippen LogP contribution in [0.3, 0.4) is 0 Å². The Bertz CT molecular complexity index is 1840.